The van der Waals surface area contributed by atoms with Gasteiger partial charge >= 0.3 is 5.97 Å². The number of rotatable bonds is 4. The standard InChI is InChI=1S/C12H19NO4S/c14-8-13-10(11(15)16)9-1-4-17-12(7-9)2-5-18-6-3-12/h8-10H,1-7H2,(H,13,14)(H,15,16). The molecule has 0 aromatic rings. The van der Waals surface area contributed by atoms with Gasteiger partial charge in [0.25, 0.3) is 0 Å². The van der Waals surface area contributed by atoms with Crippen molar-refractivity contribution in [3.63, 3.8) is 0 Å². The highest BCUT2D eigenvalue weighted by molar-refractivity contribution is 7.99. The van der Waals surface area contributed by atoms with Crippen molar-refractivity contribution >= 4 is 24.1 Å². The van der Waals surface area contributed by atoms with Crippen molar-refractivity contribution in [2.45, 2.75) is 37.3 Å². The van der Waals surface area contributed by atoms with Crippen molar-refractivity contribution in [1.29, 1.82) is 0 Å². The average molecular weight is 273 g/mol. The summed E-state index contributed by atoms with van der Waals surface area (Å²) in [6, 6.07) is -0.780. The predicted octanol–water partition coefficient (Wildman–Crippen LogP) is 0.878. The van der Waals surface area contributed by atoms with Gasteiger partial charge in [0, 0.05) is 6.61 Å². The first-order valence-corrected chi connectivity index (χ1v) is 7.46. The first-order valence-electron chi connectivity index (χ1n) is 6.31. The van der Waals surface area contributed by atoms with Crippen LogP contribution in [-0.4, -0.2) is 47.2 Å². The van der Waals surface area contributed by atoms with Gasteiger partial charge in [-0.2, -0.15) is 11.8 Å². The Morgan fingerprint density at radius 2 is 2.22 bits per heavy atom. The third kappa shape index (κ3) is 2.98. The molecular weight excluding hydrogens is 254 g/mol. The van der Waals surface area contributed by atoms with Crippen molar-refractivity contribution in [2.24, 2.45) is 5.92 Å². The van der Waals surface area contributed by atoms with Crippen molar-refractivity contribution in [2.75, 3.05) is 18.1 Å². The number of carbonyl (C=O) groups is 2. The van der Waals surface area contributed by atoms with Gasteiger partial charge in [0.05, 0.1) is 5.60 Å². The van der Waals surface area contributed by atoms with Gasteiger partial charge in [0.15, 0.2) is 0 Å². The van der Waals surface area contributed by atoms with Gasteiger partial charge in [-0.3, -0.25) is 4.79 Å². The van der Waals surface area contributed by atoms with Crippen LogP contribution in [0.1, 0.15) is 25.7 Å². The van der Waals surface area contributed by atoms with Crippen LogP contribution >= 0.6 is 11.8 Å². The molecule has 2 atom stereocenters. The van der Waals surface area contributed by atoms with Gasteiger partial charge in [0.2, 0.25) is 6.41 Å². The van der Waals surface area contributed by atoms with E-state index in [9.17, 15) is 14.7 Å². The van der Waals surface area contributed by atoms with E-state index in [0.29, 0.717) is 19.4 Å². The summed E-state index contributed by atoms with van der Waals surface area (Å²) in [4.78, 5) is 21.7. The molecule has 2 aliphatic heterocycles. The molecule has 0 saturated carbocycles. The Morgan fingerprint density at radius 1 is 1.50 bits per heavy atom. The Labute approximate surface area is 111 Å². The Morgan fingerprint density at radius 3 is 2.83 bits per heavy atom. The molecule has 0 aliphatic carbocycles. The van der Waals surface area contributed by atoms with E-state index >= 15 is 0 Å². The fraction of sp³-hybridized carbons (Fsp3) is 0.833. The molecule has 2 N–H and O–H groups in total. The Bertz CT molecular complexity index is 312. The van der Waals surface area contributed by atoms with E-state index in [1.807, 2.05) is 11.8 Å². The van der Waals surface area contributed by atoms with E-state index in [0.717, 1.165) is 30.8 Å². The minimum Gasteiger partial charge on any atom is -0.480 e. The fourth-order valence-electron chi connectivity index (χ4n) is 2.92. The molecule has 18 heavy (non-hydrogen) atoms. The minimum absolute atomic E-state index is 0.0236. The molecule has 102 valence electrons. The van der Waals surface area contributed by atoms with Gasteiger partial charge in [-0.25, -0.2) is 4.79 Å². The van der Waals surface area contributed by atoms with Crippen molar-refractivity contribution in [1.82, 2.24) is 5.32 Å². The number of aliphatic carboxylic acids is 1. The van der Waals surface area contributed by atoms with Crippen LogP contribution in [0, 0.1) is 5.92 Å². The molecule has 5 nitrogen and oxygen atoms in total. The van der Waals surface area contributed by atoms with Crippen molar-refractivity contribution in [3.8, 4) is 0 Å². The highest BCUT2D eigenvalue weighted by Gasteiger charge is 2.42. The number of hydrogen-bond donors (Lipinski definition) is 2. The third-order valence-corrected chi connectivity index (χ3v) is 4.91. The van der Waals surface area contributed by atoms with E-state index in [1.165, 1.54) is 0 Å². The molecule has 0 radical (unpaired) electrons. The number of carboxylic acid groups (broad SMARTS) is 1. The summed E-state index contributed by atoms with van der Waals surface area (Å²) in [5, 5.41) is 11.6. The number of carboxylic acids is 1. The zero-order chi connectivity index (χ0) is 13.0. The van der Waals surface area contributed by atoms with Gasteiger partial charge < -0.3 is 15.2 Å². The molecule has 0 bridgehead atoms. The first kappa shape index (κ1) is 13.7. The monoisotopic (exact) mass is 273 g/mol. The molecule has 2 saturated heterocycles. The number of ether oxygens (including phenoxy) is 1. The Kier molecular flexibility index (Phi) is 4.50. The van der Waals surface area contributed by atoms with E-state index < -0.39 is 12.0 Å². The predicted molar refractivity (Wildman–Crippen MR) is 68.6 cm³/mol. The number of thioether (sulfide) groups is 1. The number of carbonyl (C=O) groups excluding carboxylic acids is 1. The summed E-state index contributed by atoms with van der Waals surface area (Å²) in [6.07, 6.45) is 3.90. The molecule has 2 heterocycles. The van der Waals surface area contributed by atoms with E-state index in [1.54, 1.807) is 0 Å². The van der Waals surface area contributed by atoms with Crippen LogP contribution in [0.15, 0.2) is 0 Å². The zero-order valence-corrected chi connectivity index (χ0v) is 11.1. The lowest BCUT2D eigenvalue weighted by Crippen LogP contribution is -2.50. The molecule has 1 amide bonds. The summed E-state index contributed by atoms with van der Waals surface area (Å²) in [5.74, 6) is 1.18. The lowest BCUT2D eigenvalue weighted by molar-refractivity contribution is -0.148. The third-order valence-electron chi connectivity index (χ3n) is 3.92. The van der Waals surface area contributed by atoms with Gasteiger partial charge in [-0.1, -0.05) is 0 Å². The summed E-state index contributed by atoms with van der Waals surface area (Å²) in [5.41, 5.74) is -0.146. The number of hydrogen-bond acceptors (Lipinski definition) is 4. The molecule has 6 heteroatoms. The number of amides is 1. The fourth-order valence-corrected chi connectivity index (χ4v) is 4.16. The molecule has 1 spiro atoms. The second-order valence-electron chi connectivity index (χ2n) is 5.00. The molecule has 2 rings (SSSR count). The maximum atomic E-state index is 11.2. The average Bonchev–Trinajstić information content (AvgIpc) is 2.36. The lowest BCUT2D eigenvalue weighted by Gasteiger charge is -2.44. The topological polar surface area (TPSA) is 75.6 Å². The normalized spacial score (nSPS) is 28.6. The Balaban J connectivity index is 2.04. The summed E-state index contributed by atoms with van der Waals surface area (Å²) >= 11 is 1.92. The van der Waals surface area contributed by atoms with Crippen LogP contribution in [0.5, 0.6) is 0 Å². The van der Waals surface area contributed by atoms with Gasteiger partial charge in [-0.05, 0) is 43.1 Å². The smallest absolute Gasteiger partial charge is 0.326 e. The quantitative estimate of drug-likeness (QED) is 0.744. The van der Waals surface area contributed by atoms with E-state index in [2.05, 4.69) is 5.32 Å². The largest absolute Gasteiger partial charge is 0.480 e. The van der Waals surface area contributed by atoms with Crippen LogP contribution in [0.3, 0.4) is 0 Å². The molecule has 2 fully saturated rings. The SMILES string of the molecule is O=CNC(C(=O)O)C1CCOC2(CCSCC2)C1. The number of nitrogens with one attached hydrogen (secondary N) is 1. The molecule has 0 aromatic heterocycles. The van der Waals surface area contributed by atoms with Crippen LogP contribution in [0.25, 0.3) is 0 Å². The van der Waals surface area contributed by atoms with E-state index in [-0.39, 0.29) is 11.5 Å². The summed E-state index contributed by atoms with van der Waals surface area (Å²) < 4.78 is 5.92. The van der Waals surface area contributed by atoms with Gasteiger partial charge in [0.1, 0.15) is 6.04 Å². The second kappa shape index (κ2) is 5.93. The first-order chi connectivity index (χ1) is 8.67. The second-order valence-corrected chi connectivity index (χ2v) is 6.22. The zero-order valence-electron chi connectivity index (χ0n) is 10.3. The van der Waals surface area contributed by atoms with Crippen molar-refractivity contribution in [3.05, 3.63) is 0 Å². The van der Waals surface area contributed by atoms with Crippen LogP contribution in [0.2, 0.25) is 0 Å². The highest BCUT2D eigenvalue weighted by atomic mass is 32.2. The highest BCUT2D eigenvalue weighted by Crippen LogP contribution is 2.40. The van der Waals surface area contributed by atoms with E-state index in [4.69, 9.17) is 4.74 Å². The maximum Gasteiger partial charge on any atom is 0.326 e. The molecule has 2 unspecified atom stereocenters. The molecule has 2 aliphatic rings. The van der Waals surface area contributed by atoms with Crippen LogP contribution in [-0.2, 0) is 14.3 Å². The summed E-state index contributed by atoms with van der Waals surface area (Å²) in [6.45, 7) is 0.597. The van der Waals surface area contributed by atoms with Crippen molar-refractivity contribution < 1.29 is 19.4 Å². The maximum absolute atomic E-state index is 11.2. The van der Waals surface area contributed by atoms with Crippen LogP contribution < -0.4 is 5.32 Å². The van der Waals surface area contributed by atoms with Gasteiger partial charge in [-0.15, -0.1) is 0 Å². The van der Waals surface area contributed by atoms with Crippen LogP contribution in [0.4, 0.5) is 0 Å². The lowest BCUT2D eigenvalue weighted by atomic mass is 9.78. The molecule has 0 aromatic carbocycles. The molecular formula is C12H19NO4S. The summed E-state index contributed by atoms with van der Waals surface area (Å²) in [7, 11) is 0. The Hall–Kier alpha value is -0.750. The minimum atomic E-state index is -0.950.